The van der Waals surface area contributed by atoms with Crippen LogP contribution in [0.3, 0.4) is 0 Å². The van der Waals surface area contributed by atoms with Crippen LogP contribution < -0.4 is 10.6 Å². The van der Waals surface area contributed by atoms with Crippen molar-refractivity contribution in [1.82, 2.24) is 20.5 Å². The van der Waals surface area contributed by atoms with Crippen LogP contribution in [-0.2, 0) is 17.7 Å². The highest BCUT2D eigenvalue weighted by Gasteiger charge is 2.30. The van der Waals surface area contributed by atoms with Crippen LogP contribution in [0.4, 0.5) is 0 Å². The minimum atomic E-state index is -0.847. The summed E-state index contributed by atoms with van der Waals surface area (Å²) in [6.45, 7) is 8.17. The molecule has 2 heterocycles. The summed E-state index contributed by atoms with van der Waals surface area (Å²) in [5.41, 5.74) is 4.93. The van der Waals surface area contributed by atoms with Gasteiger partial charge in [0, 0.05) is 50.3 Å². The first kappa shape index (κ1) is 31.3. The van der Waals surface area contributed by atoms with E-state index in [0.717, 1.165) is 29.5 Å². The molecule has 8 nitrogen and oxygen atoms in total. The van der Waals surface area contributed by atoms with E-state index in [4.69, 9.17) is 4.74 Å². The van der Waals surface area contributed by atoms with Crippen molar-refractivity contribution in [3.8, 4) is 0 Å². The predicted molar refractivity (Wildman–Crippen MR) is 165 cm³/mol. The first-order valence-electron chi connectivity index (χ1n) is 14.8. The number of nitrogens with one attached hydrogen (secondary N) is 2. The Hall–Kier alpha value is -3.59. The fourth-order valence-electron chi connectivity index (χ4n) is 5.50. The molecule has 1 aliphatic heterocycles. The third-order valence-electron chi connectivity index (χ3n) is 7.83. The Morgan fingerprint density at radius 1 is 1.07 bits per heavy atom. The van der Waals surface area contributed by atoms with E-state index in [1.54, 1.807) is 19.2 Å². The monoisotopic (exact) mass is 572 g/mol. The van der Waals surface area contributed by atoms with Crippen LogP contribution in [0.25, 0.3) is 0 Å². The highest BCUT2D eigenvalue weighted by Crippen LogP contribution is 2.22. The standard InChI is InChI=1S/C34H44N4O4/c1-23(2)29-15-26(18-35-20-29)19-36-21-32(39)31(16-25-9-6-5-7-10-25)37-33(40)27-13-24(3)14-28(17-27)34(41)38-12-8-11-30(38)22-42-4/h5-7,9-10,13-15,17-18,20,23,30-32,36,39H,8,11-12,16,19,21-22H2,1-4H3,(H,37,40)/t30-,31+,32+/m1/s1. The van der Waals surface area contributed by atoms with Gasteiger partial charge in [0.05, 0.1) is 24.8 Å². The van der Waals surface area contributed by atoms with E-state index in [9.17, 15) is 14.7 Å². The maximum atomic E-state index is 13.6. The SMILES string of the molecule is COC[C@H]1CCCN1C(=O)c1cc(C)cc(C(=O)N[C@@H](Cc2ccccc2)[C@@H](O)CNCc2cncc(C(C)C)c2)c1. The lowest BCUT2D eigenvalue weighted by Crippen LogP contribution is -2.48. The molecule has 0 radical (unpaired) electrons. The number of aromatic nitrogens is 1. The zero-order valence-electron chi connectivity index (χ0n) is 25.2. The quantitative estimate of drug-likeness (QED) is 0.283. The molecule has 1 saturated heterocycles. The zero-order chi connectivity index (χ0) is 30.1. The minimum absolute atomic E-state index is 0.0433. The average molecular weight is 573 g/mol. The maximum Gasteiger partial charge on any atom is 0.254 e. The number of amides is 2. The number of carbonyl (C=O) groups is 2. The number of aliphatic hydroxyl groups excluding tert-OH is 1. The number of ether oxygens (including phenoxy) is 1. The number of methoxy groups -OCH3 is 1. The van der Waals surface area contributed by atoms with Crippen molar-refractivity contribution in [2.24, 2.45) is 0 Å². The number of pyridine rings is 1. The molecule has 3 atom stereocenters. The first-order chi connectivity index (χ1) is 20.2. The summed E-state index contributed by atoms with van der Waals surface area (Å²) in [6.07, 6.45) is 5.16. The van der Waals surface area contributed by atoms with Crippen molar-refractivity contribution >= 4 is 11.8 Å². The third-order valence-corrected chi connectivity index (χ3v) is 7.83. The van der Waals surface area contributed by atoms with E-state index in [1.165, 1.54) is 5.56 Å². The summed E-state index contributed by atoms with van der Waals surface area (Å²) in [7, 11) is 1.65. The van der Waals surface area contributed by atoms with E-state index in [-0.39, 0.29) is 24.4 Å². The van der Waals surface area contributed by atoms with Gasteiger partial charge in [-0.15, -0.1) is 0 Å². The largest absolute Gasteiger partial charge is 0.390 e. The van der Waals surface area contributed by atoms with Gasteiger partial charge in [-0.25, -0.2) is 0 Å². The molecular weight excluding hydrogens is 528 g/mol. The molecule has 8 heteroatoms. The van der Waals surface area contributed by atoms with Crippen molar-refractivity contribution in [2.45, 2.75) is 70.7 Å². The molecule has 3 aromatic rings. The van der Waals surface area contributed by atoms with Crippen LogP contribution in [0.15, 0.2) is 67.0 Å². The number of carbonyl (C=O) groups excluding carboxylic acids is 2. The van der Waals surface area contributed by atoms with Crippen molar-refractivity contribution in [1.29, 1.82) is 0 Å². The Morgan fingerprint density at radius 3 is 2.57 bits per heavy atom. The summed E-state index contributed by atoms with van der Waals surface area (Å²) >= 11 is 0. The van der Waals surface area contributed by atoms with Crippen LogP contribution in [0.2, 0.25) is 0 Å². The number of likely N-dealkylation sites (tertiary alicyclic amines) is 1. The van der Waals surface area contributed by atoms with Crippen molar-refractivity contribution in [2.75, 3.05) is 26.8 Å². The normalized spacial score (nSPS) is 16.4. The molecule has 1 aromatic heterocycles. The molecule has 2 amide bonds. The Kier molecular flexibility index (Phi) is 11.2. The molecule has 42 heavy (non-hydrogen) atoms. The van der Waals surface area contributed by atoms with Gasteiger partial charge < -0.3 is 25.4 Å². The van der Waals surface area contributed by atoms with Crippen molar-refractivity contribution in [3.05, 3.63) is 100 Å². The second-order valence-electron chi connectivity index (χ2n) is 11.6. The molecule has 0 spiro atoms. The van der Waals surface area contributed by atoms with Gasteiger partial charge in [-0.3, -0.25) is 14.6 Å². The number of aliphatic hydroxyl groups is 1. The molecule has 2 aromatic carbocycles. The number of nitrogens with zero attached hydrogens (tertiary/aromatic N) is 2. The fraction of sp³-hybridized carbons (Fsp3) is 0.441. The Morgan fingerprint density at radius 2 is 1.83 bits per heavy atom. The molecule has 3 N–H and O–H groups in total. The van der Waals surface area contributed by atoms with E-state index in [2.05, 4.69) is 35.5 Å². The Bertz CT molecular complexity index is 1330. The van der Waals surface area contributed by atoms with Crippen LogP contribution in [0.5, 0.6) is 0 Å². The molecule has 224 valence electrons. The highest BCUT2D eigenvalue weighted by atomic mass is 16.5. The van der Waals surface area contributed by atoms with E-state index >= 15 is 0 Å². The second-order valence-corrected chi connectivity index (χ2v) is 11.6. The smallest absolute Gasteiger partial charge is 0.254 e. The number of rotatable bonds is 13. The molecule has 1 fully saturated rings. The van der Waals surface area contributed by atoms with Crippen molar-refractivity contribution in [3.63, 3.8) is 0 Å². The third kappa shape index (κ3) is 8.47. The van der Waals surface area contributed by atoms with Crippen LogP contribution in [0.1, 0.15) is 75.6 Å². The summed E-state index contributed by atoms with van der Waals surface area (Å²) in [5, 5.41) is 17.6. The number of hydrogen-bond donors (Lipinski definition) is 3. The predicted octanol–water partition coefficient (Wildman–Crippen LogP) is 4.26. The second kappa shape index (κ2) is 15.0. The lowest BCUT2D eigenvalue weighted by molar-refractivity contribution is 0.0630. The van der Waals surface area contributed by atoms with Crippen LogP contribution in [0, 0.1) is 6.92 Å². The number of aryl methyl sites for hydroxylation is 1. The average Bonchev–Trinajstić information content (AvgIpc) is 3.45. The lowest BCUT2D eigenvalue weighted by atomic mass is 9.99. The van der Waals surface area contributed by atoms with Gasteiger partial charge in [0.1, 0.15) is 0 Å². The van der Waals surface area contributed by atoms with Gasteiger partial charge >= 0.3 is 0 Å². The molecule has 0 aliphatic carbocycles. The first-order valence-corrected chi connectivity index (χ1v) is 14.8. The Labute approximate surface area is 249 Å². The van der Waals surface area contributed by atoms with E-state index in [0.29, 0.717) is 43.2 Å². The molecule has 0 bridgehead atoms. The van der Waals surface area contributed by atoms with Crippen molar-refractivity contribution < 1.29 is 19.4 Å². The molecule has 0 saturated carbocycles. The zero-order valence-corrected chi connectivity index (χ0v) is 25.2. The van der Waals surface area contributed by atoms with Crippen LogP contribution in [-0.4, -0.2) is 71.8 Å². The lowest BCUT2D eigenvalue weighted by Gasteiger charge is -2.26. The van der Waals surface area contributed by atoms with Gasteiger partial charge in [-0.1, -0.05) is 50.2 Å². The minimum Gasteiger partial charge on any atom is -0.390 e. The molecule has 4 rings (SSSR count). The topological polar surface area (TPSA) is 104 Å². The molecule has 0 unspecified atom stereocenters. The summed E-state index contributed by atoms with van der Waals surface area (Å²) in [6, 6.07) is 16.7. The summed E-state index contributed by atoms with van der Waals surface area (Å²) in [5.74, 6) is -0.0297. The fourth-order valence-corrected chi connectivity index (χ4v) is 5.50. The number of hydrogen-bond acceptors (Lipinski definition) is 6. The van der Waals surface area contributed by atoms with E-state index in [1.807, 2.05) is 60.6 Å². The van der Waals surface area contributed by atoms with Gasteiger partial charge in [-0.05, 0) is 72.6 Å². The molecular formula is C34H44N4O4. The Balaban J connectivity index is 1.47. The van der Waals surface area contributed by atoms with Crippen LogP contribution >= 0.6 is 0 Å². The number of benzene rings is 2. The van der Waals surface area contributed by atoms with Gasteiger partial charge in [0.15, 0.2) is 0 Å². The summed E-state index contributed by atoms with van der Waals surface area (Å²) < 4.78 is 5.32. The maximum absolute atomic E-state index is 13.6. The van der Waals surface area contributed by atoms with Gasteiger partial charge in [0.25, 0.3) is 11.8 Å². The molecule has 1 aliphatic rings. The van der Waals surface area contributed by atoms with E-state index < -0.39 is 12.1 Å². The highest BCUT2D eigenvalue weighted by molar-refractivity contribution is 6.00. The van der Waals surface area contributed by atoms with Gasteiger partial charge in [-0.2, -0.15) is 0 Å². The van der Waals surface area contributed by atoms with Gasteiger partial charge in [0.2, 0.25) is 0 Å². The summed E-state index contributed by atoms with van der Waals surface area (Å²) in [4.78, 5) is 33.2.